The Balaban J connectivity index is 1.23. The molecule has 5 rings (SSSR count). The largest absolute Gasteiger partial charge is 0.481 e. The highest BCUT2D eigenvalue weighted by molar-refractivity contribution is 6.00. The van der Waals surface area contributed by atoms with Crippen molar-refractivity contribution in [2.24, 2.45) is 7.05 Å². The van der Waals surface area contributed by atoms with Crippen LogP contribution in [0.3, 0.4) is 0 Å². The summed E-state index contributed by atoms with van der Waals surface area (Å²) in [6.45, 7) is 4.65. The van der Waals surface area contributed by atoms with E-state index in [0.29, 0.717) is 24.9 Å². The number of amides is 2. The van der Waals surface area contributed by atoms with Crippen molar-refractivity contribution < 1.29 is 19.5 Å². The lowest BCUT2D eigenvalue weighted by molar-refractivity contribution is -0.138. The molecule has 10 heteroatoms. The number of hydrogen-bond acceptors (Lipinski definition) is 6. The lowest BCUT2D eigenvalue weighted by Crippen LogP contribution is -2.47. The van der Waals surface area contributed by atoms with Crippen LogP contribution in [-0.4, -0.2) is 80.6 Å². The Labute approximate surface area is 209 Å². The van der Waals surface area contributed by atoms with Crippen molar-refractivity contribution in [3.63, 3.8) is 0 Å². The summed E-state index contributed by atoms with van der Waals surface area (Å²) in [5, 5.41) is 11.3. The summed E-state index contributed by atoms with van der Waals surface area (Å²) in [5.41, 5.74) is 2.54. The monoisotopic (exact) mass is 497 g/mol. The number of carboxylic acid groups (broad SMARTS) is 1. The topological polar surface area (TPSA) is 117 Å². The van der Waals surface area contributed by atoms with E-state index in [1.165, 1.54) is 10.1 Å². The van der Waals surface area contributed by atoms with Crippen molar-refractivity contribution in [1.82, 2.24) is 24.3 Å². The van der Waals surface area contributed by atoms with E-state index in [9.17, 15) is 19.2 Å². The van der Waals surface area contributed by atoms with Crippen LogP contribution in [0, 0.1) is 0 Å². The first kappa shape index (κ1) is 24.7. The molecule has 1 aromatic heterocycles. The Kier molecular flexibility index (Phi) is 6.98. The molecule has 2 amide bonds. The highest BCUT2D eigenvalue weighted by Gasteiger charge is 2.32. The summed E-state index contributed by atoms with van der Waals surface area (Å²) in [4.78, 5) is 52.7. The van der Waals surface area contributed by atoms with E-state index < -0.39 is 17.9 Å². The molecular weight excluding hydrogens is 462 g/mol. The number of imide groups is 1. The number of aryl methyl sites for hydroxylation is 1. The van der Waals surface area contributed by atoms with Crippen LogP contribution in [-0.2, 0) is 21.4 Å². The third kappa shape index (κ3) is 4.84. The second-order valence-corrected chi connectivity index (χ2v) is 10.5. The van der Waals surface area contributed by atoms with Gasteiger partial charge in [-0.05, 0) is 81.9 Å². The summed E-state index contributed by atoms with van der Waals surface area (Å²) < 4.78 is 3.14. The molecule has 194 valence electrons. The minimum atomic E-state index is -0.731. The lowest BCUT2D eigenvalue weighted by atomic mass is 9.87. The molecule has 0 aliphatic carbocycles. The van der Waals surface area contributed by atoms with Gasteiger partial charge in [0.2, 0.25) is 11.8 Å². The van der Waals surface area contributed by atoms with E-state index in [2.05, 4.69) is 27.2 Å². The van der Waals surface area contributed by atoms with E-state index in [1.54, 1.807) is 11.6 Å². The van der Waals surface area contributed by atoms with E-state index in [1.807, 2.05) is 6.07 Å². The number of nitrogens with zero attached hydrogens (tertiary/aromatic N) is 4. The van der Waals surface area contributed by atoms with Crippen LogP contribution in [0.5, 0.6) is 0 Å². The number of piperidine rings is 3. The van der Waals surface area contributed by atoms with Gasteiger partial charge in [0, 0.05) is 26.1 Å². The molecule has 0 saturated carbocycles. The first-order valence-electron chi connectivity index (χ1n) is 13.0. The van der Waals surface area contributed by atoms with Gasteiger partial charge in [-0.25, -0.2) is 4.79 Å². The van der Waals surface area contributed by atoms with E-state index >= 15 is 0 Å². The zero-order valence-electron chi connectivity index (χ0n) is 20.8. The molecule has 3 fully saturated rings. The maximum Gasteiger partial charge on any atom is 0.329 e. The Morgan fingerprint density at radius 3 is 2.39 bits per heavy atom. The molecule has 0 spiro atoms. The number of imidazole rings is 1. The van der Waals surface area contributed by atoms with Crippen LogP contribution < -0.4 is 11.0 Å². The van der Waals surface area contributed by atoms with Crippen molar-refractivity contribution >= 4 is 28.8 Å². The first-order chi connectivity index (χ1) is 17.3. The third-order valence-corrected chi connectivity index (χ3v) is 8.35. The predicted molar refractivity (Wildman–Crippen MR) is 134 cm³/mol. The molecule has 0 bridgehead atoms. The van der Waals surface area contributed by atoms with Gasteiger partial charge in [-0.3, -0.25) is 28.8 Å². The number of hydrogen-bond donors (Lipinski definition) is 2. The summed E-state index contributed by atoms with van der Waals surface area (Å²) in [5.74, 6) is -1.01. The number of carbonyl (C=O) groups excluding carboxylic acids is 2. The Bertz CT molecular complexity index is 1220. The van der Waals surface area contributed by atoms with Crippen LogP contribution in [0.15, 0.2) is 23.0 Å². The molecule has 4 heterocycles. The van der Waals surface area contributed by atoms with E-state index in [0.717, 1.165) is 62.9 Å². The maximum atomic E-state index is 13.0. The minimum absolute atomic E-state index is 0.211. The quantitative estimate of drug-likeness (QED) is 0.580. The number of nitrogens with one attached hydrogen (secondary N) is 1. The highest BCUT2D eigenvalue weighted by Crippen LogP contribution is 2.33. The van der Waals surface area contributed by atoms with Gasteiger partial charge in [0.1, 0.15) is 6.04 Å². The van der Waals surface area contributed by atoms with Crippen molar-refractivity contribution in [2.75, 3.05) is 32.7 Å². The van der Waals surface area contributed by atoms with Gasteiger partial charge in [-0.15, -0.1) is 0 Å². The van der Waals surface area contributed by atoms with Crippen LogP contribution in [0.25, 0.3) is 11.0 Å². The zero-order valence-corrected chi connectivity index (χ0v) is 20.8. The van der Waals surface area contributed by atoms with Crippen LogP contribution >= 0.6 is 0 Å². The number of aromatic nitrogens is 2. The van der Waals surface area contributed by atoms with Gasteiger partial charge in [0.15, 0.2) is 0 Å². The number of fused-ring (bicyclic) bond motifs is 1. The van der Waals surface area contributed by atoms with Crippen molar-refractivity contribution in [1.29, 1.82) is 0 Å². The number of likely N-dealkylation sites (tertiary alicyclic amines) is 2. The molecular formula is C26H35N5O5. The fraction of sp³-hybridized carbons (Fsp3) is 0.615. The number of rotatable bonds is 6. The average Bonchev–Trinajstić information content (AvgIpc) is 3.12. The summed E-state index contributed by atoms with van der Waals surface area (Å²) in [6.07, 6.45) is 5.08. The standard InChI is InChI=1S/C26H35N5O5/c1-28-22-16-18(2-3-20(22)31(26(28)36)21-4-5-23(32)27-25(21)35)17-6-14-30(15-7-17)19-8-11-29(12-9-19)13-10-24(33)34/h2-3,16-17,19,21H,4-15H2,1H3,(H,33,34)(H,27,32,35). The average molecular weight is 498 g/mol. The molecule has 2 N–H and O–H groups in total. The lowest BCUT2D eigenvalue weighted by Gasteiger charge is -2.42. The molecule has 1 atom stereocenters. The number of carboxylic acids is 1. The fourth-order valence-corrected chi connectivity index (χ4v) is 6.22. The molecule has 0 radical (unpaired) electrons. The van der Waals surface area contributed by atoms with Gasteiger partial charge in [-0.1, -0.05) is 6.07 Å². The summed E-state index contributed by atoms with van der Waals surface area (Å²) in [7, 11) is 1.74. The van der Waals surface area contributed by atoms with Crippen LogP contribution in [0.4, 0.5) is 0 Å². The summed E-state index contributed by atoms with van der Waals surface area (Å²) >= 11 is 0. The predicted octanol–water partition coefficient (Wildman–Crippen LogP) is 1.44. The summed E-state index contributed by atoms with van der Waals surface area (Å²) in [6, 6.07) is 6.04. The van der Waals surface area contributed by atoms with Crippen molar-refractivity contribution in [3.05, 3.63) is 34.2 Å². The Hall–Kier alpha value is -2.98. The molecule has 1 unspecified atom stereocenters. The van der Waals surface area contributed by atoms with Crippen LogP contribution in [0.1, 0.15) is 62.5 Å². The second kappa shape index (κ2) is 10.2. The molecule has 36 heavy (non-hydrogen) atoms. The van der Waals surface area contributed by atoms with Gasteiger partial charge >= 0.3 is 11.7 Å². The smallest absolute Gasteiger partial charge is 0.329 e. The van der Waals surface area contributed by atoms with Crippen molar-refractivity contribution in [3.8, 4) is 0 Å². The number of aliphatic carboxylic acids is 1. The number of carbonyl (C=O) groups is 3. The van der Waals surface area contributed by atoms with E-state index in [-0.39, 0.29) is 24.4 Å². The first-order valence-corrected chi connectivity index (χ1v) is 13.0. The maximum absolute atomic E-state index is 13.0. The third-order valence-electron chi connectivity index (χ3n) is 8.35. The van der Waals surface area contributed by atoms with Gasteiger partial charge < -0.3 is 14.9 Å². The molecule has 3 aliphatic rings. The SMILES string of the molecule is Cn1c(=O)n(C2CCC(=O)NC2=O)c2ccc(C3CCN(C4CCN(CCC(=O)O)CC4)CC3)cc21. The van der Waals surface area contributed by atoms with Gasteiger partial charge in [0.25, 0.3) is 0 Å². The van der Waals surface area contributed by atoms with Crippen molar-refractivity contribution in [2.45, 2.75) is 62.9 Å². The van der Waals surface area contributed by atoms with E-state index in [4.69, 9.17) is 5.11 Å². The number of benzene rings is 1. The van der Waals surface area contributed by atoms with Gasteiger partial charge in [0.05, 0.1) is 17.5 Å². The molecule has 10 nitrogen and oxygen atoms in total. The van der Waals surface area contributed by atoms with Gasteiger partial charge in [-0.2, -0.15) is 0 Å². The Morgan fingerprint density at radius 1 is 1.00 bits per heavy atom. The minimum Gasteiger partial charge on any atom is -0.481 e. The fourth-order valence-electron chi connectivity index (χ4n) is 6.22. The Morgan fingerprint density at radius 2 is 1.72 bits per heavy atom. The second-order valence-electron chi connectivity index (χ2n) is 10.5. The normalized spacial score (nSPS) is 23.3. The molecule has 2 aromatic rings. The molecule has 1 aromatic carbocycles. The zero-order chi connectivity index (χ0) is 25.4. The van der Waals surface area contributed by atoms with Crippen LogP contribution in [0.2, 0.25) is 0 Å². The molecule has 3 saturated heterocycles. The highest BCUT2D eigenvalue weighted by atomic mass is 16.4. The molecule has 3 aliphatic heterocycles.